The lowest BCUT2D eigenvalue weighted by Gasteiger charge is -2.37. The summed E-state index contributed by atoms with van der Waals surface area (Å²) in [6.07, 6.45) is 6.37. The van der Waals surface area contributed by atoms with Gasteiger partial charge in [0.2, 0.25) is 0 Å². The van der Waals surface area contributed by atoms with E-state index < -0.39 is 6.04 Å². The first-order valence-corrected chi connectivity index (χ1v) is 12.7. The van der Waals surface area contributed by atoms with Gasteiger partial charge < -0.3 is 14.6 Å². The number of ether oxygens (including phenoxy) is 1. The number of carbonyl (C=O) groups is 1. The van der Waals surface area contributed by atoms with E-state index in [2.05, 4.69) is 12.2 Å². The molecule has 9 heteroatoms. The Morgan fingerprint density at radius 1 is 1.22 bits per heavy atom. The van der Waals surface area contributed by atoms with Crippen LogP contribution in [0.2, 0.25) is 5.02 Å². The number of nitrogens with one attached hydrogen (secondary N) is 1. The minimum Gasteiger partial charge on any atom is -0.496 e. The highest BCUT2D eigenvalue weighted by Crippen LogP contribution is 2.49. The summed E-state index contributed by atoms with van der Waals surface area (Å²) < 4.78 is 9.18. The molecule has 0 saturated heterocycles. The average molecular weight is 537 g/mol. The number of rotatable bonds is 6. The first-order valence-electron chi connectivity index (χ1n) is 12.0. The van der Waals surface area contributed by atoms with E-state index in [9.17, 15) is 9.59 Å². The van der Waals surface area contributed by atoms with Crippen LogP contribution in [0.4, 0.5) is 5.69 Å². The molecule has 1 N–H and O–H groups in total. The van der Waals surface area contributed by atoms with E-state index in [1.54, 1.807) is 23.9 Å². The Balaban J connectivity index is 1.80. The number of hydrogen-bond acceptors (Lipinski definition) is 5. The van der Waals surface area contributed by atoms with Gasteiger partial charge >= 0.3 is 0 Å². The molecule has 2 atom stereocenters. The van der Waals surface area contributed by atoms with Gasteiger partial charge in [0.05, 0.1) is 30.1 Å². The molecule has 1 aromatic carbocycles. The van der Waals surface area contributed by atoms with Crippen LogP contribution >= 0.6 is 23.2 Å². The maximum atomic E-state index is 12.4. The van der Waals surface area contributed by atoms with Gasteiger partial charge in [-0.25, -0.2) is 4.98 Å². The molecule has 1 aliphatic carbocycles. The number of carbonyl (C=O) groups excluding carboxylic acids is 1. The molecule has 0 radical (unpaired) electrons. The molecular weight excluding hydrogens is 511 g/mol. The summed E-state index contributed by atoms with van der Waals surface area (Å²) in [4.78, 5) is 29.6. The predicted molar refractivity (Wildman–Crippen MR) is 147 cm³/mol. The van der Waals surface area contributed by atoms with E-state index in [1.807, 2.05) is 54.8 Å². The first-order chi connectivity index (χ1) is 17.8. The number of imidazole rings is 1. The normalized spacial score (nSPS) is 18.5. The van der Waals surface area contributed by atoms with E-state index in [0.717, 1.165) is 33.7 Å². The fraction of sp³-hybridized carbons (Fsp3) is 0.250. The van der Waals surface area contributed by atoms with Gasteiger partial charge in [0.25, 0.3) is 5.56 Å². The smallest absolute Gasteiger partial charge is 0.269 e. The molecule has 3 aromatic rings. The molecule has 0 amide bonds. The zero-order chi connectivity index (χ0) is 26.4. The summed E-state index contributed by atoms with van der Waals surface area (Å²) in [6, 6.07) is 8.73. The zero-order valence-electron chi connectivity index (χ0n) is 20.9. The summed E-state index contributed by atoms with van der Waals surface area (Å²) in [5.74, 6) is 1.17. The number of fused-ring (bicyclic) bond motifs is 2. The minimum atomic E-state index is -0.461. The van der Waals surface area contributed by atoms with Crippen LogP contribution in [0.3, 0.4) is 0 Å². The van der Waals surface area contributed by atoms with Crippen LogP contribution in [-0.2, 0) is 6.54 Å². The highest BCUT2D eigenvalue weighted by molar-refractivity contribution is 6.31. The topological polar surface area (TPSA) is 78.2 Å². The molecule has 0 spiro atoms. The van der Waals surface area contributed by atoms with Gasteiger partial charge in [-0.1, -0.05) is 48.3 Å². The highest BCUT2D eigenvalue weighted by Gasteiger charge is 2.39. The number of aryl methyl sites for hydroxylation is 1. The van der Waals surface area contributed by atoms with Gasteiger partial charge in [0, 0.05) is 29.4 Å². The summed E-state index contributed by atoms with van der Waals surface area (Å²) in [5.41, 5.74) is 5.09. The van der Waals surface area contributed by atoms with Crippen LogP contribution in [0.1, 0.15) is 43.0 Å². The predicted octanol–water partition coefficient (Wildman–Crippen LogP) is 6.30. The number of para-hydroxylation sites is 1. The summed E-state index contributed by atoms with van der Waals surface area (Å²) >= 11 is 12.9. The maximum Gasteiger partial charge on any atom is 0.269 e. The minimum absolute atomic E-state index is 0.0695. The van der Waals surface area contributed by atoms with E-state index in [-0.39, 0.29) is 16.5 Å². The maximum absolute atomic E-state index is 12.4. The molecule has 1 aliphatic heterocycles. The number of hydrogen-bond donors (Lipinski definition) is 1. The van der Waals surface area contributed by atoms with Crippen molar-refractivity contribution in [3.05, 3.63) is 91.6 Å². The number of methoxy groups -OCH3 is 1. The third kappa shape index (κ3) is 4.03. The van der Waals surface area contributed by atoms with Gasteiger partial charge in [0.1, 0.15) is 22.3 Å². The van der Waals surface area contributed by atoms with E-state index in [1.165, 1.54) is 0 Å². The Morgan fingerprint density at radius 3 is 2.68 bits per heavy atom. The Kier molecular flexibility index (Phi) is 6.60. The van der Waals surface area contributed by atoms with Crippen molar-refractivity contribution in [3.63, 3.8) is 0 Å². The molecule has 2 aromatic heterocycles. The van der Waals surface area contributed by atoms with Crippen molar-refractivity contribution in [1.29, 1.82) is 0 Å². The summed E-state index contributed by atoms with van der Waals surface area (Å²) in [5, 5.41) is 4.37. The van der Waals surface area contributed by atoms with Crippen LogP contribution in [0.25, 0.3) is 17.1 Å². The van der Waals surface area contributed by atoms with Crippen molar-refractivity contribution in [2.45, 2.75) is 33.4 Å². The standard InChI is InChI=1S/C28H26Cl2N4O3/c1-5-33-13-17(12-21(30)28(33)36)31-25-19-10-11-20(29)15(2)24(19)16(3)34-26(25)22(14-35)32-27(34)18-8-6-7-9-23(18)37-4/h6-15,25,31H,5H2,1-4H3. The zero-order valence-corrected chi connectivity index (χ0v) is 22.4. The van der Waals surface area contributed by atoms with Crippen molar-refractivity contribution >= 4 is 40.9 Å². The highest BCUT2D eigenvalue weighted by atomic mass is 35.5. The van der Waals surface area contributed by atoms with Gasteiger partial charge in [-0.3, -0.25) is 14.2 Å². The van der Waals surface area contributed by atoms with Crippen LogP contribution in [0.5, 0.6) is 5.75 Å². The van der Waals surface area contributed by atoms with E-state index >= 15 is 0 Å². The second kappa shape index (κ2) is 9.72. The van der Waals surface area contributed by atoms with Gasteiger partial charge in [0.15, 0.2) is 6.29 Å². The van der Waals surface area contributed by atoms with Crippen molar-refractivity contribution in [2.75, 3.05) is 12.4 Å². The van der Waals surface area contributed by atoms with Crippen molar-refractivity contribution < 1.29 is 9.53 Å². The number of aldehydes is 1. The van der Waals surface area contributed by atoms with Gasteiger partial charge in [-0.15, -0.1) is 0 Å². The van der Waals surface area contributed by atoms with Crippen molar-refractivity contribution in [2.24, 2.45) is 5.92 Å². The molecule has 7 nitrogen and oxygen atoms in total. The molecule has 37 heavy (non-hydrogen) atoms. The molecule has 5 rings (SSSR count). The average Bonchev–Trinajstić information content (AvgIpc) is 3.30. The lowest BCUT2D eigenvalue weighted by atomic mass is 9.80. The molecule has 0 bridgehead atoms. The van der Waals surface area contributed by atoms with E-state index in [4.69, 9.17) is 32.9 Å². The number of nitrogens with zero attached hydrogens (tertiary/aromatic N) is 3. The molecule has 2 unspecified atom stereocenters. The lowest BCUT2D eigenvalue weighted by Crippen LogP contribution is -2.29. The number of halogens is 2. The summed E-state index contributed by atoms with van der Waals surface area (Å²) in [7, 11) is 1.61. The Labute approximate surface area is 224 Å². The number of pyridine rings is 1. The third-order valence-corrected chi connectivity index (χ3v) is 7.71. The second-order valence-corrected chi connectivity index (χ2v) is 9.84. The molecule has 0 fully saturated rings. The second-order valence-electron chi connectivity index (χ2n) is 9.00. The molecule has 3 heterocycles. The Bertz CT molecular complexity index is 1580. The van der Waals surface area contributed by atoms with Gasteiger partial charge in [-0.2, -0.15) is 0 Å². The van der Waals surface area contributed by atoms with Crippen LogP contribution in [0.15, 0.2) is 69.7 Å². The van der Waals surface area contributed by atoms with Crippen LogP contribution in [0, 0.1) is 5.92 Å². The Hall–Kier alpha value is -3.55. The molecule has 0 saturated carbocycles. The number of allylic oxidation sites excluding steroid dienone is 4. The third-order valence-electron chi connectivity index (χ3n) is 6.98. The quantitative estimate of drug-likeness (QED) is 0.374. The molecule has 2 aliphatic rings. The van der Waals surface area contributed by atoms with Crippen molar-refractivity contribution in [3.8, 4) is 17.1 Å². The number of benzene rings is 1. The van der Waals surface area contributed by atoms with Crippen LogP contribution < -0.4 is 15.6 Å². The molecular formula is C28H26Cl2N4O3. The fourth-order valence-corrected chi connectivity index (χ4v) is 5.62. The fourth-order valence-electron chi connectivity index (χ4n) is 5.22. The first kappa shape index (κ1) is 25.1. The largest absolute Gasteiger partial charge is 0.496 e. The van der Waals surface area contributed by atoms with Crippen molar-refractivity contribution in [1.82, 2.24) is 14.1 Å². The van der Waals surface area contributed by atoms with Crippen LogP contribution in [-0.4, -0.2) is 27.5 Å². The SMILES string of the molecule is CCn1cc(NC2C3=CC=C(Cl)C(C)C3=C(C)n3c(-c4ccccc4OC)nc(C=O)c32)cc(Cl)c1=O. The van der Waals surface area contributed by atoms with Gasteiger partial charge in [-0.05, 0) is 49.3 Å². The molecule has 190 valence electrons. The van der Waals surface area contributed by atoms with E-state index in [0.29, 0.717) is 35.2 Å². The lowest BCUT2D eigenvalue weighted by molar-refractivity contribution is 0.111. The number of aromatic nitrogens is 3. The number of anilines is 1. The monoisotopic (exact) mass is 536 g/mol. The summed E-state index contributed by atoms with van der Waals surface area (Å²) in [6.45, 7) is 6.42. The Morgan fingerprint density at radius 2 is 1.97 bits per heavy atom.